The average Bonchev–Trinajstić information content (AvgIpc) is 3.08. The van der Waals surface area contributed by atoms with Gasteiger partial charge in [-0.25, -0.2) is 0 Å². The van der Waals surface area contributed by atoms with Gasteiger partial charge in [-0.2, -0.15) is 0 Å². The third-order valence-corrected chi connectivity index (χ3v) is 3.44. The number of rotatable bonds is 8. The molecule has 0 aromatic heterocycles. The number of nitrogens with one attached hydrogen (secondary N) is 1. The third-order valence-electron chi connectivity index (χ3n) is 3.44. The number of carbonyl (C=O) groups excluding carboxylic acids is 1. The first kappa shape index (κ1) is 14.5. The van der Waals surface area contributed by atoms with E-state index in [1.165, 1.54) is 12.8 Å². The zero-order valence-corrected chi connectivity index (χ0v) is 11.5. The SMILES string of the molecule is CCCC(C)(N)C(=O)NCCN(CC)C1CC1. The highest BCUT2D eigenvalue weighted by Gasteiger charge is 2.29. The summed E-state index contributed by atoms with van der Waals surface area (Å²) < 4.78 is 0. The van der Waals surface area contributed by atoms with Gasteiger partial charge in [-0.05, 0) is 32.7 Å². The van der Waals surface area contributed by atoms with Gasteiger partial charge in [-0.1, -0.05) is 20.3 Å². The Bertz CT molecular complexity index is 249. The molecule has 1 aliphatic carbocycles. The molecule has 0 radical (unpaired) electrons. The fourth-order valence-corrected chi connectivity index (χ4v) is 2.19. The van der Waals surface area contributed by atoms with Gasteiger partial charge in [0.25, 0.3) is 0 Å². The number of hydrogen-bond acceptors (Lipinski definition) is 3. The molecule has 3 N–H and O–H groups in total. The molecule has 1 unspecified atom stereocenters. The Hall–Kier alpha value is -0.610. The van der Waals surface area contributed by atoms with E-state index in [1.807, 2.05) is 13.8 Å². The van der Waals surface area contributed by atoms with Crippen LogP contribution in [-0.4, -0.2) is 42.0 Å². The van der Waals surface area contributed by atoms with Crippen molar-refractivity contribution >= 4 is 5.91 Å². The van der Waals surface area contributed by atoms with Crippen molar-refractivity contribution < 1.29 is 4.79 Å². The van der Waals surface area contributed by atoms with Gasteiger partial charge in [-0.15, -0.1) is 0 Å². The predicted molar refractivity (Wildman–Crippen MR) is 70.8 cm³/mol. The van der Waals surface area contributed by atoms with E-state index in [0.717, 1.165) is 32.0 Å². The van der Waals surface area contributed by atoms with Crippen molar-refractivity contribution in [2.45, 2.75) is 58.0 Å². The smallest absolute Gasteiger partial charge is 0.239 e. The molecular weight excluding hydrogens is 214 g/mol. The van der Waals surface area contributed by atoms with Gasteiger partial charge < -0.3 is 11.1 Å². The number of likely N-dealkylation sites (N-methyl/N-ethyl adjacent to an activating group) is 1. The summed E-state index contributed by atoms with van der Waals surface area (Å²) in [5.74, 6) is -0.0220. The van der Waals surface area contributed by atoms with E-state index in [0.29, 0.717) is 6.54 Å². The maximum Gasteiger partial charge on any atom is 0.239 e. The van der Waals surface area contributed by atoms with Crippen molar-refractivity contribution in [3.8, 4) is 0 Å². The Morgan fingerprint density at radius 1 is 1.47 bits per heavy atom. The van der Waals surface area contributed by atoms with Crippen LogP contribution in [0.15, 0.2) is 0 Å². The fraction of sp³-hybridized carbons (Fsp3) is 0.923. The van der Waals surface area contributed by atoms with Gasteiger partial charge in [0.05, 0.1) is 5.54 Å². The van der Waals surface area contributed by atoms with Gasteiger partial charge in [0, 0.05) is 19.1 Å². The summed E-state index contributed by atoms with van der Waals surface area (Å²) in [6.45, 7) is 8.74. The number of hydrogen-bond donors (Lipinski definition) is 2. The van der Waals surface area contributed by atoms with Crippen LogP contribution in [0.2, 0.25) is 0 Å². The van der Waals surface area contributed by atoms with Crippen molar-refractivity contribution in [1.29, 1.82) is 0 Å². The normalized spacial score (nSPS) is 19.1. The van der Waals surface area contributed by atoms with Gasteiger partial charge >= 0.3 is 0 Å². The molecule has 4 heteroatoms. The molecular formula is C13H27N3O. The summed E-state index contributed by atoms with van der Waals surface area (Å²) >= 11 is 0. The summed E-state index contributed by atoms with van der Waals surface area (Å²) in [5.41, 5.74) is 5.25. The molecule has 0 aromatic carbocycles. The molecule has 100 valence electrons. The summed E-state index contributed by atoms with van der Waals surface area (Å²) in [4.78, 5) is 14.3. The lowest BCUT2D eigenvalue weighted by molar-refractivity contribution is -0.126. The molecule has 0 bridgehead atoms. The zero-order valence-electron chi connectivity index (χ0n) is 11.5. The summed E-state index contributed by atoms with van der Waals surface area (Å²) in [5, 5.41) is 2.95. The van der Waals surface area contributed by atoms with Gasteiger partial charge in [-0.3, -0.25) is 9.69 Å². The van der Waals surface area contributed by atoms with E-state index >= 15 is 0 Å². The largest absolute Gasteiger partial charge is 0.353 e. The van der Waals surface area contributed by atoms with Gasteiger partial charge in [0.2, 0.25) is 5.91 Å². The number of amides is 1. The second kappa shape index (κ2) is 6.36. The molecule has 1 aliphatic rings. The molecule has 0 saturated heterocycles. The first-order chi connectivity index (χ1) is 8.01. The lowest BCUT2D eigenvalue weighted by atomic mass is 9.97. The second-order valence-corrected chi connectivity index (χ2v) is 5.28. The maximum absolute atomic E-state index is 11.9. The highest BCUT2D eigenvalue weighted by atomic mass is 16.2. The molecule has 0 aliphatic heterocycles. The highest BCUT2D eigenvalue weighted by Crippen LogP contribution is 2.25. The standard InChI is InChI=1S/C13H27N3O/c1-4-8-13(3,14)12(17)15-9-10-16(5-2)11-6-7-11/h11H,4-10,14H2,1-3H3,(H,15,17). The molecule has 1 amide bonds. The Balaban J connectivity index is 2.22. The van der Waals surface area contributed by atoms with Crippen molar-refractivity contribution in [2.75, 3.05) is 19.6 Å². The molecule has 0 aromatic rings. The first-order valence-electron chi connectivity index (χ1n) is 6.82. The van der Waals surface area contributed by atoms with Crippen LogP contribution >= 0.6 is 0 Å². The lowest BCUT2D eigenvalue weighted by Gasteiger charge is -2.25. The average molecular weight is 241 g/mol. The van der Waals surface area contributed by atoms with Crippen LogP contribution in [-0.2, 0) is 4.79 Å². The summed E-state index contributed by atoms with van der Waals surface area (Å²) in [7, 11) is 0. The minimum absolute atomic E-state index is 0.0220. The summed E-state index contributed by atoms with van der Waals surface area (Å²) in [6, 6.07) is 0.761. The van der Waals surface area contributed by atoms with Crippen molar-refractivity contribution in [2.24, 2.45) is 5.73 Å². The highest BCUT2D eigenvalue weighted by molar-refractivity contribution is 5.85. The Morgan fingerprint density at radius 3 is 2.59 bits per heavy atom. The van der Waals surface area contributed by atoms with Crippen LogP contribution in [0.1, 0.15) is 46.5 Å². The minimum Gasteiger partial charge on any atom is -0.353 e. The van der Waals surface area contributed by atoms with Crippen LogP contribution in [0.25, 0.3) is 0 Å². The van der Waals surface area contributed by atoms with E-state index in [9.17, 15) is 4.79 Å². The van der Waals surface area contributed by atoms with Crippen molar-refractivity contribution in [3.63, 3.8) is 0 Å². The first-order valence-corrected chi connectivity index (χ1v) is 6.82. The second-order valence-electron chi connectivity index (χ2n) is 5.28. The molecule has 1 rings (SSSR count). The maximum atomic E-state index is 11.9. The Kier molecular flexibility index (Phi) is 5.40. The summed E-state index contributed by atoms with van der Waals surface area (Å²) in [6.07, 6.45) is 4.29. The zero-order chi connectivity index (χ0) is 12.9. The predicted octanol–water partition coefficient (Wildman–Crippen LogP) is 1.10. The molecule has 1 saturated carbocycles. The van der Waals surface area contributed by atoms with Gasteiger partial charge in [0.1, 0.15) is 0 Å². The third kappa shape index (κ3) is 4.64. The molecule has 17 heavy (non-hydrogen) atoms. The van der Waals surface area contributed by atoms with Crippen LogP contribution < -0.4 is 11.1 Å². The fourth-order valence-electron chi connectivity index (χ4n) is 2.19. The van der Waals surface area contributed by atoms with Gasteiger partial charge in [0.15, 0.2) is 0 Å². The Labute approximate surface area is 105 Å². The quantitative estimate of drug-likeness (QED) is 0.669. The molecule has 4 nitrogen and oxygen atoms in total. The van der Waals surface area contributed by atoms with E-state index < -0.39 is 5.54 Å². The molecule has 0 heterocycles. The lowest BCUT2D eigenvalue weighted by Crippen LogP contribution is -2.52. The van der Waals surface area contributed by atoms with Crippen LogP contribution in [0, 0.1) is 0 Å². The molecule has 1 atom stereocenters. The Morgan fingerprint density at radius 2 is 2.12 bits per heavy atom. The van der Waals surface area contributed by atoms with E-state index in [-0.39, 0.29) is 5.91 Å². The number of carbonyl (C=O) groups is 1. The minimum atomic E-state index is -0.717. The molecule has 0 spiro atoms. The van der Waals surface area contributed by atoms with Crippen LogP contribution in [0.4, 0.5) is 0 Å². The topological polar surface area (TPSA) is 58.4 Å². The number of nitrogens with two attached hydrogens (primary N) is 1. The van der Waals surface area contributed by atoms with Crippen LogP contribution in [0.5, 0.6) is 0 Å². The van der Waals surface area contributed by atoms with E-state index in [1.54, 1.807) is 0 Å². The van der Waals surface area contributed by atoms with E-state index in [4.69, 9.17) is 5.73 Å². The van der Waals surface area contributed by atoms with Crippen molar-refractivity contribution in [1.82, 2.24) is 10.2 Å². The van der Waals surface area contributed by atoms with Crippen molar-refractivity contribution in [3.05, 3.63) is 0 Å². The monoisotopic (exact) mass is 241 g/mol. The van der Waals surface area contributed by atoms with E-state index in [2.05, 4.69) is 17.1 Å². The molecule has 1 fully saturated rings. The number of nitrogens with zero attached hydrogens (tertiary/aromatic N) is 1. The van der Waals surface area contributed by atoms with Crippen LogP contribution in [0.3, 0.4) is 0 Å².